The van der Waals surface area contributed by atoms with E-state index in [4.69, 9.17) is 10.1 Å². The standard InChI is InChI=1S/C17H23N3O3/c1-17(2,3)23-16(22)20-14(9-10-15(21)12-19-18)11-13-7-5-4-6-8-13/h4-8,12,14H,9-11H2,1-3H3,(H-,20,21,22)/p+1/b15-12-/t14-/m1/s1. The molecular weight excluding hydrogens is 294 g/mol. The van der Waals surface area contributed by atoms with Crippen LogP contribution in [0, 0.1) is 5.39 Å². The average molecular weight is 318 g/mol. The molecule has 0 aliphatic heterocycles. The van der Waals surface area contributed by atoms with Gasteiger partial charge < -0.3 is 15.2 Å². The van der Waals surface area contributed by atoms with Gasteiger partial charge in [-0.1, -0.05) is 30.3 Å². The Bertz CT molecular complexity index is 571. The van der Waals surface area contributed by atoms with E-state index in [0.717, 1.165) is 11.8 Å². The van der Waals surface area contributed by atoms with Crippen molar-refractivity contribution in [1.82, 2.24) is 5.32 Å². The molecular formula is C17H24N3O3+. The van der Waals surface area contributed by atoms with Gasteiger partial charge in [0.05, 0.1) is 0 Å². The van der Waals surface area contributed by atoms with Crippen molar-refractivity contribution in [3.63, 3.8) is 0 Å². The molecule has 124 valence electrons. The molecule has 23 heavy (non-hydrogen) atoms. The third kappa shape index (κ3) is 8.47. The molecule has 1 aromatic rings. The predicted octanol–water partition coefficient (Wildman–Crippen LogP) is 4.16. The summed E-state index contributed by atoms with van der Waals surface area (Å²) >= 11 is 0. The number of aliphatic hydroxyl groups is 1. The van der Waals surface area contributed by atoms with E-state index in [9.17, 15) is 9.90 Å². The molecule has 1 aromatic carbocycles. The summed E-state index contributed by atoms with van der Waals surface area (Å²) in [6, 6.07) is 9.54. The third-order valence-electron chi connectivity index (χ3n) is 3.00. The molecule has 6 nitrogen and oxygen atoms in total. The highest BCUT2D eigenvalue weighted by molar-refractivity contribution is 5.68. The molecule has 0 unspecified atom stereocenters. The average Bonchev–Trinajstić information content (AvgIpc) is 2.44. The molecule has 0 aromatic heterocycles. The van der Waals surface area contributed by atoms with Crippen LogP contribution in [0.1, 0.15) is 39.2 Å². The fraction of sp³-hybridized carbons (Fsp3) is 0.471. The maximum absolute atomic E-state index is 12.0. The number of carbonyl (C=O) groups excluding carboxylic acids is 1. The molecule has 0 aliphatic carbocycles. The second kappa shape index (κ2) is 8.79. The molecule has 0 fully saturated rings. The summed E-state index contributed by atoms with van der Waals surface area (Å²) in [7, 11) is 0. The van der Waals surface area contributed by atoms with Crippen molar-refractivity contribution in [3.05, 3.63) is 52.8 Å². The van der Waals surface area contributed by atoms with Crippen LogP contribution >= 0.6 is 0 Å². The molecule has 6 heteroatoms. The van der Waals surface area contributed by atoms with E-state index in [0.29, 0.717) is 12.8 Å². The van der Waals surface area contributed by atoms with E-state index in [1.807, 2.05) is 30.3 Å². The monoisotopic (exact) mass is 318 g/mol. The fourth-order valence-electron chi connectivity index (χ4n) is 2.05. The summed E-state index contributed by atoms with van der Waals surface area (Å²) in [5.74, 6) is -0.0449. The third-order valence-corrected chi connectivity index (χ3v) is 3.00. The second-order valence-electron chi connectivity index (χ2n) is 6.31. The zero-order valence-corrected chi connectivity index (χ0v) is 13.8. The fourth-order valence-corrected chi connectivity index (χ4v) is 2.05. The van der Waals surface area contributed by atoms with Crippen LogP contribution in [0.5, 0.6) is 0 Å². The predicted molar refractivity (Wildman–Crippen MR) is 88.3 cm³/mol. The van der Waals surface area contributed by atoms with Gasteiger partial charge in [-0.25, -0.2) is 4.79 Å². The SMILES string of the molecule is CC(C)(C)OC(=O)N[C@H](CC/C(O)=C/[N+]#N)Cc1ccccc1. The molecule has 0 spiro atoms. The van der Waals surface area contributed by atoms with Gasteiger partial charge in [0.25, 0.3) is 0 Å². The molecule has 0 aliphatic rings. The first-order valence-corrected chi connectivity index (χ1v) is 7.56. The van der Waals surface area contributed by atoms with E-state index in [1.54, 1.807) is 20.8 Å². The van der Waals surface area contributed by atoms with Crippen LogP contribution in [0.4, 0.5) is 4.79 Å². The molecule has 0 saturated carbocycles. The highest BCUT2D eigenvalue weighted by atomic mass is 16.6. The molecule has 1 rings (SSSR count). The molecule has 2 N–H and O–H groups in total. The van der Waals surface area contributed by atoms with Gasteiger partial charge in [0.15, 0.2) is 10.7 Å². The van der Waals surface area contributed by atoms with Gasteiger partial charge in [-0.15, -0.1) is 0 Å². The minimum absolute atomic E-state index is 0.0449. The first-order valence-electron chi connectivity index (χ1n) is 7.56. The van der Waals surface area contributed by atoms with Gasteiger partial charge in [-0.05, 0) is 39.2 Å². The van der Waals surface area contributed by atoms with Crippen molar-refractivity contribution < 1.29 is 14.6 Å². The maximum Gasteiger partial charge on any atom is 0.407 e. The highest BCUT2D eigenvalue weighted by Crippen LogP contribution is 2.13. The smallest absolute Gasteiger partial charge is 0.407 e. The largest absolute Gasteiger partial charge is 0.505 e. The first-order chi connectivity index (χ1) is 10.8. The summed E-state index contributed by atoms with van der Waals surface area (Å²) in [6.07, 6.45) is 1.88. The minimum Gasteiger partial charge on any atom is -0.505 e. The van der Waals surface area contributed by atoms with Crippen molar-refractivity contribution >= 4 is 6.09 Å². The number of diazo groups is 1. The number of nitrogens with zero attached hydrogens (tertiary/aromatic N) is 2. The number of rotatable bonds is 6. The van der Waals surface area contributed by atoms with Crippen molar-refractivity contribution in [2.45, 2.75) is 51.7 Å². The Balaban J connectivity index is 2.70. The van der Waals surface area contributed by atoms with E-state index >= 15 is 0 Å². The summed E-state index contributed by atoms with van der Waals surface area (Å²) in [4.78, 5) is 14.7. The number of hydrogen-bond donors (Lipinski definition) is 2. The molecule has 0 bridgehead atoms. The van der Waals surface area contributed by atoms with Crippen LogP contribution in [0.3, 0.4) is 0 Å². The summed E-state index contributed by atoms with van der Waals surface area (Å²) in [5, 5.41) is 20.8. The number of alkyl carbamates (subject to hydrolysis) is 1. The Kier molecular flexibility index (Phi) is 7.07. The lowest BCUT2D eigenvalue weighted by molar-refractivity contribution is 0.0501. The van der Waals surface area contributed by atoms with E-state index in [-0.39, 0.29) is 18.2 Å². The topological polar surface area (TPSA) is 86.7 Å². The Labute approximate surface area is 136 Å². The lowest BCUT2D eigenvalue weighted by Gasteiger charge is -2.23. The van der Waals surface area contributed by atoms with Gasteiger partial charge >= 0.3 is 12.3 Å². The van der Waals surface area contributed by atoms with Crippen LogP contribution in [0.25, 0.3) is 4.98 Å². The second-order valence-corrected chi connectivity index (χ2v) is 6.31. The van der Waals surface area contributed by atoms with Crippen molar-refractivity contribution in [3.8, 4) is 0 Å². The van der Waals surface area contributed by atoms with E-state index < -0.39 is 11.7 Å². The summed E-state index contributed by atoms with van der Waals surface area (Å²) in [6.45, 7) is 5.41. The van der Waals surface area contributed by atoms with Crippen LogP contribution in [0.15, 0.2) is 42.3 Å². The number of amides is 1. The Morgan fingerprint density at radius 2 is 2.04 bits per heavy atom. The van der Waals surface area contributed by atoms with Crippen LogP contribution in [-0.4, -0.2) is 22.8 Å². The maximum atomic E-state index is 12.0. The molecule has 0 heterocycles. The zero-order chi connectivity index (χ0) is 17.3. The molecule has 0 radical (unpaired) electrons. The number of benzene rings is 1. The normalized spacial score (nSPS) is 13.0. The number of allylic oxidation sites excluding steroid dienone is 1. The first kappa shape index (κ1) is 18.5. The molecule has 1 amide bonds. The lowest BCUT2D eigenvalue weighted by Crippen LogP contribution is -2.40. The van der Waals surface area contributed by atoms with Crippen molar-refractivity contribution in [1.29, 1.82) is 5.39 Å². The zero-order valence-electron chi connectivity index (χ0n) is 13.8. The van der Waals surface area contributed by atoms with E-state index in [1.165, 1.54) is 0 Å². The van der Waals surface area contributed by atoms with Crippen LogP contribution < -0.4 is 5.32 Å². The van der Waals surface area contributed by atoms with Gasteiger partial charge in [-0.3, -0.25) is 0 Å². The number of hydrogen-bond acceptors (Lipinski definition) is 4. The number of aliphatic hydroxyl groups excluding tert-OH is 1. The minimum atomic E-state index is -0.570. The van der Waals surface area contributed by atoms with Crippen LogP contribution in [-0.2, 0) is 11.2 Å². The molecule has 1 atom stereocenters. The Hall–Kier alpha value is -2.55. The highest BCUT2D eigenvalue weighted by Gasteiger charge is 2.20. The summed E-state index contributed by atoms with van der Waals surface area (Å²) < 4.78 is 5.27. The Morgan fingerprint density at radius 3 is 2.61 bits per heavy atom. The van der Waals surface area contributed by atoms with Gasteiger partial charge in [0, 0.05) is 12.5 Å². The Morgan fingerprint density at radius 1 is 1.39 bits per heavy atom. The number of ether oxygens (including phenoxy) is 1. The van der Waals surface area contributed by atoms with E-state index in [2.05, 4.69) is 10.3 Å². The number of nitrogens with one attached hydrogen (secondary N) is 1. The van der Waals surface area contributed by atoms with Gasteiger partial charge in [0.1, 0.15) is 5.60 Å². The quantitative estimate of drug-likeness (QED) is 0.609. The van der Waals surface area contributed by atoms with Crippen LogP contribution in [0.2, 0.25) is 0 Å². The number of carbonyl (C=O) groups is 1. The van der Waals surface area contributed by atoms with Gasteiger partial charge in [0.2, 0.25) is 5.39 Å². The van der Waals surface area contributed by atoms with Crippen molar-refractivity contribution in [2.24, 2.45) is 0 Å². The lowest BCUT2D eigenvalue weighted by atomic mass is 10.0. The van der Waals surface area contributed by atoms with Crippen molar-refractivity contribution in [2.75, 3.05) is 0 Å². The summed E-state index contributed by atoms with van der Waals surface area (Å²) in [5.41, 5.74) is 0.503. The molecule has 0 saturated heterocycles. The van der Waals surface area contributed by atoms with Gasteiger partial charge in [-0.2, -0.15) is 0 Å².